The van der Waals surface area contributed by atoms with Crippen molar-refractivity contribution in [3.8, 4) is 11.3 Å². The van der Waals surface area contributed by atoms with Gasteiger partial charge in [-0.25, -0.2) is 23.5 Å². The monoisotopic (exact) mass is 398 g/mol. The number of nitrogens with one attached hydrogen (secondary N) is 1. The standard InChI is InChI=1S/C20H20F2N6O/c1-27-9-8-24-17(27)10-20(22)11-28(12-20)19(29)26-18-15(23)6-7-16(25-18)13-2-4-14(21)5-3-13/h2-9H,10-12,23H2,1H3,(H,25,26,29). The molecule has 7 nitrogen and oxygen atoms in total. The summed E-state index contributed by atoms with van der Waals surface area (Å²) in [4.78, 5) is 22.3. The summed E-state index contributed by atoms with van der Waals surface area (Å²) < 4.78 is 29.7. The van der Waals surface area contributed by atoms with Gasteiger partial charge in [-0.3, -0.25) is 5.32 Å². The van der Waals surface area contributed by atoms with E-state index in [1.165, 1.54) is 17.0 Å². The maximum atomic E-state index is 14.9. The van der Waals surface area contributed by atoms with Crippen molar-refractivity contribution in [3.63, 3.8) is 0 Å². The van der Waals surface area contributed by atoms with Crippen LogP contribution in [0.5, 0.6) is 0 Å². The Morgan fingerprint density at radius 1 is 1.24 bits per heavy atom. The quantitative estimate of drug-likeness (QED) is 0.707. The Morgan fingerprint density at radius 3 is 2.62 bits per heavy atom. The van der Waals surface area contributed by atoms with Crippen LogP contribution in [0.4, 0.5) is 25.1 Å². The molecule has 0 saturated carbocycles. The molecule has 0 aliphatic carbocycles. The zero-order valence-electron chi connectivity index (χ0n) is 15.8. The number of nitrogen functional groups attached to an aromatic ring is 1. The van der Waals surface area contributed by atoms with Crippen LogP contribution in [0.3, 0.4) is 0 Å². The van der Waals surface area contributed by atoms with Crippen LogP contribution in [0.15, 0.2) is 48.8 Å². The number of nitrogens with two attached hydrogens (primary N) is 1. The van der Waals surface area contributed by atoms with Gasteiger partial charge in [-0.05, 0) is 36.4 Å². The number of halogens is 2. The smallest absolute Gasteiger partial charge is 0.323 e. The molecule has 1 fully saturated rings. The number of anilines is 2. The first-order valence-electron chi connectivity index (χ1n) is 9.06. The van der Waals surface area contributed by atoms with Crippen molar-refractivity contribution in [2.45, 2.75) is 12.1 Å². The van der Waals surface area contributed by atoms with E-state index in [1.807, 2.05) is 0 Å². The number of nitrogens with zero attached hydrogens (tertiary/aromatic N) is 4. The van der Waals surface area contributed by atoms with Gasteiger partial charge in [0.05, 0.1) is 24.5 Å². The number of carbonyl (C=O) groups excluding carboxylic acids is 1. The molecule has 0 bridgehead atoms. The summed E-state index contributed by atoms with van der Waals surface area (Å²) in [6, 6.07) is 8.64. The van der Waals surface area contributed by atoms with E-state index in [0.29, 0.717) is 17.1 Å². The van der Waals surface area contributed by atoms with Crippen LogP contribution in [0.1, 0.15) is 5.82 Å². The van der Waals surface area contributed by atoms with Gasteiger partial charge in [0.2, 0.25) is 0 Å². The topological polar surface area (TPSA) is 89.1 Å². The van der Waals surface area contributed by atoms with E-state index in [0.717, 1.165) is 0 Å². The minimum absolute atomic E-state index is 0.0384. The van der Waals surface area contributed by atoms with Crippen LogP contribution >= 0.6 is 0 Å². The molecule has 1 aromatic carbocycles. The second kappa shape index (κ2) is 7.16. The lowest BCUT2D eigenvalue weighted by Crippen LogP contribution is -2.63. The number of hydrogen-bond acceptors (Lipinski definition) is 4. The van der Waals surface area contributed by atoms with Crippen molar-refractivity contribution < 1.29 is 13.6 Å². The predicted molar refractivity (Wildman–Crippen MR) is 105 cm³/mol. The third-order valence-electron chi connectivity index (χ3n) is 4.92. The first kappa shape index (κ1) is 18.9. The molecule has 2 amide bonds. The van der Waals surface area contributed by atoms with Crippen molar-refractivity contribution in [3.05, 3.63) is 60.4 Å². The third kappa shape index (κ3) is 3.89. The molecule has 3 heterocycles. The highest BCUT2D eigenvalue weighted by molar-refractivity contribution is 5.92. The normalized spacial score (nSPS) is 15.1. The molecule has 0 radical (unpaired) electrons. The Balaban J connectivity index is 1.42. The largest absolute Gasteiger partial charge is 0.396 e. The van der Waals surface area contributed by atoms with E-state index < -0.39 is 11.7 Å². The molecule has 150 valence electrons. The Morgan fingerprint density at radius 2 is 1.97 bits per heavy atom. The lowest BCUT2D eigenvalue weighted by Gasteiger charge is -2.44. The number of aryl methyl sites for hydroxylation is 1. The molecule has 3 aromatic rings. The van der Waals surface area contributed by atoms with Gasteiger partial charge in [0.25, 0.3) is 0 Å². The molecule has 0 atom stereocenters. The summed E-state index contributed by atoms with van der Waals surface area (Å²) in [7, 11) is 1.80. The summed E-state index contributed by atoms with van der Waals surface area (Å²) in [5.74, 6) is 0.457. The maximum Gasteiger partial charge on any atom is 0.323 e. The van der Waals surface area contributed by atoms with Gasteiger partial charge in [0.1, 0.15) is 11.6 Å². The number of carbonyl (C=O) groups is 1. The first-order chi connectivity index (χ1) is 13.8. The number of rotatable bonds is 4. The highest BCUT2D eigenvalue weighted by Crippen LogP contribution is 2.30. The molecule has 1 saturated heterocycles. The number of urea groups is 1. The lowest BCUT2D eigenvalue weighted by atomic mass is 9.92. The second-order valence-corrected chi connectivity index (χ2v) is 7.21. The van der Waals surface area contributed by atoms with Crippen molar-refractivity contribution in [1.29, 1.82) is 0 Å². The summed E-state index contributed by atoms with van der Waals surface area (Å²) in [6.07, 6.45) is 3.51. The van der Waals surface area contributed by atoms with Gasteiger partial charge in [-0.1, -0.05) is 0 Å². The fraction of sp³-hybridized carbons (Fsp3) is 0.250. The van der Waals surface area contributed by atoms with E-state index in [-0.39, 0.29) is 36.8 Å². The molecule has 0 spiro atoms. The van der Waals surface area contributed by atoms with Crippen LogP contribution in [0.2, 0.25) is 0 Å². The third-order valence-corrected chi connectivity index (χ3v) is 4.92. The fourth-order valence-corrected chi connectivity index (χ4v) is 3.28. The van der Waals surface area contributed by atoms with E-state index in [9.17, 15) is 13.6 Å². The molecule has 29 heavy (non-hydrogen) atoms. The Hall–Kier alpha value is -3.49. The second-order valence-electron chi connectivity index (χ2n) is 7.21. The number of hydrogen-bond donors (Lipinski definition) is 2. The summed E-state index contributed by atoms with van der Waals surface area (Å²) in [5, 5.41) is 2.63. The Kier molecular flexibility index (Phi) is 4.65. The number of imidazole rings is 1. The molecule has 4 rings (SSSR count). The number of amides is 2. The van der Waals surface area contributed by atoms with Crippen LogP contribution in [0.25, 0.3) is 11.3 Å². The van der Waals surface area contributed by atoms with Gasteiger partial charge in [0.15, 0.2) is 11.5 Å². The maximum absolute atomic E-state index is 14.9. The summed E-state index contributed by atoms with van der Waals surface area (Å²) >= 11 is 0. The predicted octanol–water partition coefficient (Wildman–Crippen LogP) is 3.00. The molecule has 0 unspecified atom stereocenters. The molecule has 9 heteroatoms. The average molecular weight is 398 g/mol. The molecule has 3 N–H and O–H groups in total. The van der Waals surface area contributed by atoms with Gasteiger partial charge >= 0.3 is 6.03 Å². The van der Waals surface area contributed by atoms with Crippen LogP contribution in [0, 0.1) is 5.82 Å². The van der Waals surface area contributed by atoms with Gasteiger partial charge in [-0.15, -0.1) is 0 Å². The van der Waals surface area contributed by atoms with Crippen LogP contribution in [-0.4, -0.2) is 44.2 Å². The molecular weight excluding hydrogens is 378 g/mol. The van der Waals surface area contributed by atoms with Gasteiger partial charge in [-0.2, -0.15) is 0 Å². The summed E-state index contributed by atoms with van der Waals surface area (Å²) in [5.41, 5.74) is 5.91. The highest BCUT2D eigenvalue weighted by atomic mass is 19.1. The SMILES string of the molecule is Cn1ccnc1CC1(F)CN(C(=O)Nc2nc(-c3ccc(F)cc3)ccc2N)C1. The van der Waals surface area contributed by atoms with E-state index in [2.05, 4.69) is 15.3 Å². The van der Waals surface area contributed by atoms with E-state index in [4.69, 9.17) is 5.73 Å². The number of alkyl halides is 1. The number of pyridine rings is 1. The highest BCUT2D eigenvalue weighted by Gasteiger charge is 2.46. The fourth-order valence-electron chi connectivity index (χ4n) is 3.28. The van der Waals surface area contributed by atoms with Crippen molar-refractivity contribution in [2.24, 2.45) is 7.05 Å². The first-order valence-corrected chi connectivity index (χ1v) is 9.06. The van der Waals surface area contributed by atoms with Crippen LogP contribution in [-0.2, 0) is 13.5 Å². The van der Waals surface area contributed by atoms with Crippen LogP contribution < -0.4 is 11.1 Å². The van der Waals surface area contributed by atoms with Gasteiger partial charge < -0.3 is 15.2 Å². The zero-order chi connectivity index (χ0) is 20.6. The van der Waals surface area contributed by atoms with Crippen molar-refractivity contribution in [1.82, 2.24) is 19.4 Å². The summed E-state index contributed by atoms with van der Waals surface area (Å²) in [6.45, 7) is -0.0769. The zero-order valence-corrected chi connectivity index (χ0v) is 15.8. The number of likely N-dealkylation sites (tertiary alicyclic amines) is 1. The van der Waals surface area contributed by atoms with E-state index in [1.54, 1.807) is 48.3 Å². The minimum Gasteiger partial charge on any atom is -0.396 e. The Labute approximate surface area is 166 Å². The molecular formula is C20H20F2N6O. The van der Waals surface area contributed by atoms with E-state index >= 15 is 0 Å². The Bertz CT molecular complexity index is 1040. The minimum atomic E-state index is -1.51. The molecule has 2 aromatic heterocycles. The number of benzene rings is 1. The molecule has 1 aliphatic rings. The van der Waals surface area contributed by atoms with Gasteiger partial charge in [0, 0.05) is 31.4 Å². The van der Waals surface area contributed by atoms with Crippen molar-refractivity contribution in [2.75, 3.05) is 24.1 Å². The number of aromatic nitrogens is 3. The van der Waals surface area contributed by atoms with Crippen molar-refractivity contribution >= 4 is 17.5 Å². The average Bonchev–Trinajstić information content (AvgIpc) is 3.06. The lowest BCUT2D eigenvalue weighted by molar-refractivity contribution is -0.00271. The molecule has 1 aliphatic heterocycles.